The molecule has 2 aliphatic heterocycles. The van der Waals surface area contributed by atoms with Crippen LogP contribution >= 0.6 is 0 Å². The van der Waals surface area contributed by atoms with Crippen LogP contribution in [0.2, 0.25) is 0 Å². The van der Waals surface area contributed by atoms with E-state index in [0.717, 1.165) is 11.1 Å². The van der Waals surface area contributed by atoms with E-state index in [0.29, 0.717) is 34.2 Å². The Balaban J connectivity index is 1.40. The van der Waals surface area contributed by atoms with Gasteiger partial charge >= 0.3 is 0 Å². The second kappa shape index (κ2) is 11.9. The van der Waals surface area contributed by atoms with Crippen molar-refractivity contribution in [1.82, 2.24) is 4.90 Å². The van der Waals surface area contributed by atoms with Crippen LogP contribution in [0.15, 0.2) is 91.0 Å². The molecule has 44 heavy (non-hydrogen) atoms. The molecule has 0 bridgehead atoms. The van der Waals surface area contributed by atoms with Crippen LogP contribution in [-0.4, -0.2) is 48.9 Å². The Morgan fingerprint density at radius 2 is 1.70 bits per heavy atom. The summed E-state index contributed by atoms with van der Waals surface area (Å²) in [6.07, 6.45) is 0. The standard InChI is InChI=1S/C34H29N3O7/c1-21-10-12-22(13-11-21)18-37(30(38)19-36-27-9-4-3-8-26(27)32(39)34(36)41)31(23-6-5-7-25(16-23)42-2)33(40)35-24-14-15-28-29(17-24)44-20-43-28/h3-17,31H,18-20H2,1-2H3,(H,35,40). The second-order valence-electron chi connectivity index (χ2n) is 10.5. The zero-order valence-electron chi connectivity index (χ0n) is 24.1. The number of amides is 3. The van der Waals surface area contributed by atoms with Gasteiger partial charge in [-0.3, -0.25) is 24.1 Å². The van der Waals surface area contributed by atoms with Crippen LogP contribution in [0.4, 0.5) is 11.4 Å². The zero-order valence-corrected chi connectivity index (χ0v) is 24.1. The van der Waals surface area contributed by atoms with Gasteiger partial charge < -0.3 is 24.4 Å². The van der Waals surface area contributed by atoms with E-state index in [1.807, 2.05) is 31.2 Å². The summed E-state index contributed by atoms with van der Waals surface area (Å²) in [5.74, 6) is -0.946. The molecule has 0 saturated carbocycles. The monoisotopic (exact) mass is 591 g/mol. The zero-order chi connectivity index (χ0) is 30.8. The van der Waals surface area contributed by atoms with Crippen molar-refractivity contribution in [3.05, 3.63) is 113 Å². The van der Waals surface area contributed by atoms with E-state index < -0.39 is 36.1 Å². The number of hydrogen-bond donors (Lipinski definition) is 1. The number of aryl methyl sites for hydroxylation is 1. The van der Waals surface area contributed by atoms with Crippen LogP contribution in [0.5, 0.6) is 17.2 Å². The number of ketones is 1. The van der Waals surface area contributed by atoms with E-state index in [9.17, 15) is 19.2 Å². The summed E-state index contributed by atoms with van der Waals surface area (Å²) in [7, 11) is 1.52. The summed E-state index contributed by atoms with van der Waals surface area (Å²) in [4.78, 5) is 56.8. The Morgan fingerprint density at radius 3 is 2.50 bits per heavy atom. The summed E-state index contributed by atoms with van der Waals surface area (Å²) in [6.45, 7) is 1.65. The first-order chi connectivity index (χ1) is 21.3. The molecule has 2 heterocycles. The number of fused-ring (bicyclic) bond motifs is 2. The molecule has 0 radical (unpaired) electrons. The van der Waals surface area contributed by atoms with Gasteiger partial charge in [0.25, 0.3) is 17.6 Å². The molecule has 1 unspecified atom stereocenters. The van der Waals surface area contributed by atoms with Crippen molar-refractivity contribution in [3.8, 4) is 17.2 Å². The van der Waals surface area contributed by atoms with Crippen molar-refractivity contribution < 1.29 is 33.4 Å². The molecular formula is C34H29N3O7. The molecule has 4 aromatic carbocycles. The van der Waals surface area contributed by atoms with Gasteiger partial charge in [0.15, 0.2) is 11.5 Å². The lowest BCUT2D eigenvalue weighted by Gasteiger charge is -2.33. The minimum atomic E-state index is -1.15. The first kappa shape index (κ1) is 28.5. The molecule has 0 saturated heterocycles. The van der Waals surface area contributed by atoms with Gasteiger partial charge in [0.1, 0.15) is 18.3 Å². The Bertz CT molecular complexity index is 1770. The first-order valence-electron chi connectivity index (χ1n) is 14.0. The summed E-state index contributed by atoms with van der Waals surface area (Å²) in [5, 5.41) is 2.92. The van der Waals surface area contributed by atoms with Crippen LogP contribution in [0, 0.1) is 6.92 Å². The molecule has 0 spiro atoms. The van der Waals surface area contributed by atoms with Gasteiger partial charge in [0, 0.05) is 18.3 Å². The molecule has 0 fully saturated rings. The highest BCUT2D eigenvalue weighted by Crippen LogP contribution is 2.36. The second-order valence-corrected chi connectivity index (χ2v) is 10.5. The van der Waals surface area contributed by atoms with Crippen molar-refractivity contribution in [2.24, 2.45) is 0 Å². The van der Waals surface area contributed by atoms with Gasteiger partial charge in [-0.15, -0.1) is 0 Å². The quantitative estimate of drug-likeness (QED) is 0.282. The first-order valence-corrected chi connectivity index (χ1v) is 14.0. The van der Waals surface area contributed by atoms with Crippen molar-refractivity contribution >= 4 is 34.9 Å². The summed E-state index contributed by atoms with van der Waals surface area (Å²) >= 11 is 0. The number of methoxy groups -OCH3 is 1. The number of rotatable bonds is 9. The number of para-hydroxylation sites is 1. The highest BCUT2D eigenvalue weighted by Gasteiger charge is 2.39. The summed E-state index contributed by atoms with van der Waals surface area (Å²) in [5.41, 5.74) is 3.34. The minimum absolute atomic E-state index is 0.0488. The molecule has 1 atom stereocenters. The Kier molecular flexibility index (Phi) is 7.72. The van der Waals surface area contributed by atoms with Crippen molar-refractivity contribution in [2.75, 3.05) is 30.7 Å². The Morgan fingerprint density at radius 1 is 0.932 bits per heavy atom. The average molecular weight is 592 g/mol. The van der Waals surface area contributed by atoms with E-state index in [1.54, 1.807) is 66.7 Å². The van der Waals surface area contributed by atoms with Gasteiger partial charge in [-0.05, 0) is 54.4 Å². The van der Waals surface area contributed by atoms with Crippen LogP contribution in [0.1, 0.15) is 33.1 Å². The van der Waals surface area contributed by atoms with E-state index in [1.165, 1.54) is 16.9 Å². The van der Waals surface area contributed by atoms with Gasteiger partial charge in [0.05, 0.1) is 18.4 Å². The van der Waals surface area contributed by atoms with Gasteiger partial charge in [-0.2, -0.15) is 0 Å². The number of carbonyl (C=O) groups is 4. The van der Waals surface area contributed by atoms with E-state index in [-0.39, 0.29) is 18.9 Å². The average Bonchev–Trinajstić information content (AvgIpc) is 3.60. The lowest BCUT2D eigenvalue weighted by atomic mass is 10.0. The number of nitrogens with one attached hydrogen (secondary N) is 1. The predicted octanol–water partition coefficient (Wildman–Crippen LogP) is 4.67. The van der Waals surface area contributed by atoms with Crippen LogP contribution in [0.3, 0.4) is 0 Å². The number of carbonyl (C=O) groups excluding carboxylic acids is 4. The maximum Gasteiger partial charge on any atom is 0.299 e. The third-order valence-electron chi connectivity index (χ3n) is 7.58. The van der Waals surface area contributed by atoms with Crippen molar-refractivity contribution in [3.63, 3.8) is 0 Å². The molecule has 10 heteroatoms. The smallest absolute Gasteiger partial charge is 0.299 e. The molecule has 2 aliphatic rings. The molecule has 4 aromatic rings. The number of nitrogens with zero attached hydrogens (tertiary/aromatic N) is 2. The van der Waals surface area contributed by atoms with Gasteiger partial charge in [-0.1, -0.05) is 54.1 Å². The highest BCUT2D eigenvalue weighted by atomic mass is 16.7. The fraction of sp³-hybridized carbons (Fsp3) is 0.176. The largest absolute Gasteiger partial charge is 0.497 e. The summed E-state index contributed by atoms with van der Waals surface area (Å²) < 4.78 is 16.3. The van der Waals surface area contributed by atoms with E-state index in [2.05, 4.69) is 5.32 Å². The fourth-order valence-corrected chi connectivity index (χ4v) is 5.31. The number of ether oxygens (including phenoxy) is 3. The molecule has 0 aliphatic carbocycles. The molecule has 6 rings (SSSR count). The highest BCUT2D eigenvalue weighted by molar-refractivity contribution is 6.52. The molecular weight excluding hydrogens is 562 g/mol. The SMILES string of the molecule is COc1cccc(C(C(=O)Nc2ccc3c(c2)OCO3)N(Cc2ccc(C)cc2)C(=O)CN2C(=O)C(=O)c3ccccc32)c1. The van der Waals surface area contributed by atoms with E-state index in [4.69, 9.17) is 14.2 Å². The predicted molar refractivity (Wildman–Crippen MR) is 162 cm³/mol. The molecule has 10 nitrogen and oxygen atoms in total. The van der Waals surface area contributed by atoms with Crippen LogP contribution in [-0.2, 0) is 20.9 Å². The summed E-state index contributed by atoms with van der Waals surface area (Å²) in [6, 6.07) is 25.0. The molecule has 222 valence electrons. The Hall–Kier alpha value is -5.64. The topological polar surface area (TPSA) is 114 Å². The van der Waals surface area contributed by atoms with Crippen molar-refractivity contribution in [2.45, 2.75) is 19.5 Å². The Labute approximate surface area is 253 Å². The maximum absolute atomic E-state index is 14.3. The number of hydrogen-bond acceptors (Lipinski definition) is 7. The third-order valence-corrected chi connectivity index (χ3v) is 7.58. The molecule has 3 amide bonds. The number of Topliss-reactive ketones (excluding diaryl/α,β-unsaturated/α-hetero) is 1. The minimum Gasteiger partial charge on any atom is -0.497 e. The number of benzene rings is 4. The van der Waals surface area contributed by atoms with Crippen LogP contribution in [0.25, 0.3) is 0 Å². The lowest BCUT2D eigenvalue weighted by molar-refractivity contribution is -0.139. The molecule has 0 aromatic heterocycles. The van der Waals surface area contributed by atoms with E-state index >= 15 is 0 Å². The lowest BCUT2D eigenvalue weighted by Crippen LogP contribution is -2.46. The maximum atomic E-state index is 14.3. The van der Waals surface area contributed by atoms with Crippen molar-refractivity contribution in [1.29, 1.82) is 0 Å². The third kappa shape index (κ3) is 5.57. The van der Waals surface area contributed by atoms with Crippen LogP contribution < -0.4 is 24.4 Å². The molecule has 1 N–H and O–H groups in total. The van der Waals surface area contributed by atoms with Gasteiger partial charge in [0.2, 0.25) is 12.7 Å². The van der Waals surface area contributed by atoms with Gasteiger partial charge in [-0.25, -0.2) is 0 Å². The normalized spacial score (nSPS) is 13.8. The fourth-order valence-electron chi connectivity index (χ4n) is 5.31. The number of anilines is 2.